The molecule has 0 aliphatic heterocycles. The molecular weight excluding hydrogens is 554 g/mol. The third kappa shape index (κ3) is 10.9. The summed E-state index contributed by atoms with van der Waals surface area (Å²) in [7, 11) is 0. The molecule has 0 bridgehead atoms. The van der Waals surface area contributed by atoms with Gasteiger partial charge >= 0.3 is 12.2 Å². The molecule has 4 aromatic rings. The Kier molecular flexibility index (Phi) is 11.5. The number of rotatable bonds is 12. The topological polar surface area (TPSA) is 100 Å². The normalized spacial score (nSPS) is 12.7. The number of alkyl carbamates (subject to hydrolysis) is 1. The summed E-state index contributed by atoms with van der Waals surface area (Å²) in [6.45, 7) is 5.77. The molecule has 0 heterocycles. The lowest BCUT2D eigenvalue weighted by atomic mass is 10.0. The molecule has 0 aromatic heterocycles. The highest BCUT2D eigenvalue weighted by Gasteiger charge is 2.27. The summed E-state index contributed by atoms with van der Waals surface area (Å²) >= 11 is 0. The van der Waals surface area contributed by atoms with Gasteiger partial charge in [-0.05, 0) is 55.0 Å². The minimum absolute atomic E-state index is 0.0101. The molecule has 230 valence electrons. The first-order valence-electron chi connectivity index (χ1n) is 14.7. The van der Waals surface area contributed by atoms with Gasteiger partial charge in [0.1, 0.15) is 12.2 Å². The van der Waals surface area contributed by atoms with Crippen LogP contribution in [0.25, 0.3) is 11.1 Å². The van der Waals surface area contributed by atoms with Crippen molar-refractivity contribution < 1.29 is 24.2 Å². The van der Waals surface area contributed by atoms with Gasteiger partial charge in [-0.3, -0.25) is 5.43 Å². The van der Waals surface area contributed by atoms with E-state index in [2.05, 4.69) is 10.7 Å². The third-order valence-electron chi connectivity index (χ3n) is 6.77. The summed E-state index contributed by atoms with van der Waals surface area (Å²) in [5.41, 5.74) is 6.97. The van der Waals surface area contributed by atoms with Gasteiger partial charge < -0.3 is 19.9 Å². The fourth-order valence-corrected chi connectivity index (χ4v) is 4.65. The zero-order valence-corrected chi connectivity index (χ0v) is 25.5. The van der Waals surface area contributed by atoms with Crippen molar-refractivity contribution in [3.05, 3.63) is 132 Å². The number of hydrazine groups is 1. The van der Waals surface area contributed by atoms with Gasteiger partial charge in [0, 0.05) is 13.1 Å². The molecule has 0 spiro atoms. The highest BCUT2D eigenvalue weighted by Crippen LogP contribution is 2.20. The average molecular weight is 596 g/mol. The summed E-state index contributed by atoms with van der Waals surface area (Å²) in [6, 6.07) is 36.3. The lowest BCUT2D eigenvalue weighted by Gasteiger charge is -2.31. The summed E-state index contributed by atoms with van der Waals surface area (Å²) in [5.74, 6) is 0. The van der Waals surface area contributed by atoms with E-state index in [1.807, 2.05) is 115 Å². The first-order chi connectivity index (χ1) is 21.1. The number of nitrogens with one attached hydrogen (secondary N) is 2. The highest BCUT2D eigenvalue weighted by atomic mass is 16.6. The molecule has 0 saturated heterocycles. The van der Waals surface area contributed by atoms with Gasteiger partial charge in [-0.15, -0.1) is 0 Å². The number of amides is 2. The van der Waals surface area contributed by atoms with E-state index in [4.69, 9.17) is 9.47 Å². The van der Waals surface area contributed by atoms with Crippen LogP contribution in [-0.2, 0) is 29.0 Å². The van der Waals surface area contributed by atoms with E-state index < -0.39 is 29.9 Å². The van der Waals surface area contributed by atoms with E-state index in [0.29, 0.717) is 13.0 Å². The molecule has 0 saturated carbocycles. The van der Waals surface area contributed by atoms with Crippen molar-refractivity contribution in [1.29, 1.82) is 0 Å². The molecule has 2 unspecified atom stereocenters. The second-order valence-electron chi connectivity index (χ2n) is 11.6. The first kappa shape index (κ1) is 32.3. The van der Waals surface area contributed by atoms with Crippen molar-refractivity contribution in [2.24, 2.45) is 0 Å². The quantitative estimate of drug-likeness (QED) is 0.162. The summed E-state index contributed by atoms with van der Waals surface area (Å²) in [4.78, 5) is 25.6. The Bertz CT molecular complexity index is 1440. The zero-order valence-electron chi connectivity index (χ0n) is 25.5. The predicted molar refractivity (Wildman–Crippen MR) is 171 cm³/mol. The Hall–Kier alpha value is -4.66. The van der Waals surface area contributed by atoms with Gasteiger partial charge in [-0.2, -0.15) is 0 Å². The molecule has 2 amide bonds. The fraction of sp³-hybridized carbons (Fsp3) is 0.278. The van der Waals surface area contributed by atoms with E-state index in [-0.39, 0.29) is 13.2 Å². The van der Waals surface area contributed by atoms with E-state index in [1.54, 1.807) is 25.8 Å². The maximum atomic E-state index is 12.8. The Labute approximate surface area is 259 Å². The zero-order chi connectivity index (χ0) is 31.4. The summed E-state index contributed by atoms with van der Waals surface area (Å²) < 4.78 is 10.9. The van der Waals surface area contributed by atoms with Crippen LogP contribution in [0.4, 0.5) is 9.59 Å². The first-order valence-corrected chi connectivity index (χ1v) is 14.7. The molecule has 3 N–H and O–H groups in total. The molecule has 44 heavy (non-hydrogen) atoms. The molecule has 8 heteroatoms. The number of benzene rings is 4. The number of hydrogen-bond acceptors (Lipinski definition) is 6. The number of carbonyl (C=O) groups excluding carboxylic acids is 2. The van der Waals surface area contributed by atoms with Crippen LogP contribution in [0, 0.1) is 0 Å². The monoisotopic (exact) mass is 595 g/mol. The maximum absolute atomic E-state index is 12.8. The Morgan fingerprint density at radius 1 is 0.727 bits per heavy atom. The van der Waals surface area contributed by atoms with Crippen LogP contribution < -0.4 is 10.7 Å². The number of aliphatic hydroxyl groups excluding tert-OH is 1. The summed E-state index contributed by atoms with van der Waals surface area (Å²) in [6.07, 6.45) is -2.00. The molecular formula is C36H41N3O5. The standard InChI is InChI=1S/C36H41N3O5/c1-36(2,3)44-35(42)38-39(24-28-19-21-31(22-20-28)30-17-11-6-12-18-30)25-33(40)32(23-27-13-7-4-8-14-27)37-34(41)43-26-29-15-9-5-10-16-29/h4-22,32-33,40H,23-26H2,1-3H3,(H,37,41)(H,38,42). The molecule has 0 aliphatic rings. The van der Waals surface area contributed by atoms with Gasteiger partial charge in [-0.25, -0.2) is 14.6 Å². The van der Waals surface area contributed by atoms with Crippen molar-refractivity contribution in [3.8, 4) is 11.1 Å². The van der Waals surface area contributed by atoms with E-state index in [9.17, 15) is 14.7 Å². The lowest BCUT2D eigenvalue weighted by Crippen LogP contribution is -2.53. The van der Waals surface area contributed by atoms with Gasteiger partial charge in [0.05, 0.1) is 12.1 Å². The van der Waals surface area contributed by atoms with Gasteiger partial charge in [0.15, 0.2) is 0 Å². The average Bonchev–Trinajstić information content (AvgIpc) is 3.00. The number of hydrogen-bond donors (Lipinski definition) is 3. The molecule has 0 aliphatic carbocycles. The number of aliphatic hydroxyl groups is 1. The van der Waals surface area contributed by atoms with Gasteiger partial charge in [0.25, 0.3) is 0 Å². The van der Waals surface area contributed by atoms with E-state index in [0.717, 1.165) is 27.8 Å². The Balaban J connectivity index is 1.49. The van der Waals surface area contributed by atoms with E-state index >= 15 is 0 Å². The molecule has 0 radical (unpaired) electrons. The SMILES string of the molecule is CC(C)(C)OC(=O)NN(Cc1ccc(-c2ccccc2)cc1)CC(O)C(Cc1ccccc1)NC(=O)OCc1ccccc1. The second-order valence-corrected chi connectivity index (χ2v) is 11.6. The van der Waals surface area contributed by atoms with Gasteiger partial charge in [-0.1, -0.05) is 115 Å². The van der Waals surface area contributed by atoms with Crippen LogP contribution in [0.3, 0.4) is 0 Å². The molecule has 4 aromatic carbocycles. The maximum Gasteiger partial charge on any atom is 0.422 e. The van der Waals surface area contributed by atoms with Crippen molar-refractivity contribution in [2.75, 3.05) is 6.54 Å². The fourth-order valence-electron chi connectivity index (χ4n) is 4.65. The molecule has 0 fully saturated rings. The number of carbonyl (C=O) groups is 2. The Morgan fingerprint density at radius 3 is 1.86 bits per heavy atom. The van der Waals surface area contributed by atoms with Crippen LogP contribution in [0.15, 0.2) is 115 Å². The largest absolute Gasteiger partial charge is 0.445 e. The molecule has 2 atom stereocenters. The minimum Gasteiger partial charge on any atom is -0.445 e. The number of ether oxygens (including phenoxy) is 2. The minimum atomic E-state index is -1.07. The number of nitrogens with zero attached hydrogens (tertiary/aromatic N) is 1. The summed E-state index contributed by atoms with van der Waals surface area (Å²) in [5, 5.41) is 15.9. The van der Waals surface area contributed by atoms with Gasteiger partial charge in [0.2, 0.25) is 0 Å². The highest BCUT2D eigenvalue weighted by molar-refractivity contribution is 5.68. The van der Waals surface area contributed by atoms with Crippen LogP contribution in [0.5, 0.6) is 0 Å². The van der Waals surface area contributed by atoms with Crippen molar-refractivity contribution in [3.63, 3.8) is 0 Å². The van der Waals surface area contributed by atoms with E-state index in [1.165, 1.54) is 0 Å². The smallest absolute Gasteiger partial charge is 0.422 e. The second kappa shape index (κ2) is 15.7. The predicted octanol–water partition coefficient (Wildman–Crippen LogP) is 6.49. The molecule has 8 nitrogen and oxygen atoms in total. The Morgan fingerprint density at radius 2 is 1.27 bits per heavy atom. The van der Waals surface area contributed by atoms with Crippen LogP contribution in [0.2, 0.25) is 0 Å². The molecule has 4 rings (SSSR count). The lowest BCUT2D eigenvalue weighted by molar-refractivity contribution is 0.0141. The van der Waals surface area contributed by atoms with Crippen LogP contribution in [-0.4, -0.2) is 46.6 Å². The third-order valence-corrected chi connectivity index (χ3v) is 6.77. The van der Waals surface area contributed by atoms with Crippen molar-refractivity contribution in [2.45, 2.75) is 58.1 Å². The van der Waals surface area contributed by atoms with Crippen LogP contribution in [0.1, 0.15) is 37.5 Å². The van der Waals surface area contributed by atoms with Crippen molar-refractivity contribution in [1.82, 2.24) is 15.8 Å². The van der Waals surface area contributed by atoms with Crippen molar-refractivity contribution >= 4 is 12.2 Å². The van der Waals surface area contributed by atoms with Crippen LogP contribution >= 0.6 is 0 Å².